The van der Waals surface area contributed by atoms with Gasteiger partial charge in [0.2, 0.25) is 15.9 Å². The van der Waals surface area contributed by atoms with Crippen LogP contribution in [0.15, 0.2) is 70.9 Å². The Morgan fingerprint density at radius 3 is 2.60 bits per heavy atom. The van der Waals surface area contributed by atoms with Crippen molar-refractivity contribution >= 4 is 50.9 Å². The van der Waals surface area contributed by atoms with Gasteiger partial charge in [0.25, 0.3) is 0 Å². The second-order valence-electron chi connectivity index (χ2n) is 7.98. The lowest BCUT2D eigenvalue weighted by Gasteiger charge is -2.16. The van der Waals surface area contributed by atoms with Gasteiger partial charge in [-0.25, -0.2) is 18.2 Å². The molecule has 182 valence electrons. The Morgan fingerprint density at radius 2 is 1.91 bits per heavy atom. The molecule has 0 spiro atoms. The van der Waals surface area contributed by atoms with E-state index in [2.05, 4.69) is 15.6 Å². The molecule has 1 amide bonds. The van der Waals surface area contributed by atoms with Crippen molar-refractivity contribution < 1.29 is 22.7 Å². The second-order valence-corrected chi connectivity index (χ2v) is 9.99. The van der Waals surface area contributed by atoms with Crippen molar-refractivity contribution in [1.82, 2.24) is 5.32 Å². The van der Waals surface area contributed by atoms with Crippen LogP contribution in [0.4, 0.5) is 17.1 Å². The van der Waals surface area contributed by atoms with E-state index < -0.39 is 21.9 Å². The highest BCUT2D eigenvalue weighted by Crippen LogP contribution is 2.30. The fourth-order valence-corrected chi connectivity index (χ4v) is 5.41. The molecular weight excluding hydrogens is 468 g/mol. The van der Waals surface area contributed by atoms with Crippen LogP contribution >= 0.6 is 0 Å². The fraction of sp³-hybridized carbons (Fsp3) is 0.240. The van der Waals surface area contributed by atoms with Gasteiger partial charge in [-0.15, -0.1) is 0 Å². The number of esters is 1. The van der Waals surface area contributed by atoms with Gasteiger partial charge in [-0.3, -0.25) is 9.10 Å². The maximum atomic E-state index is 12.7. The van der Waals surface area contributed by atoms with E-state index in [1.165, 1.54) is 10.4 Å². The summed E-state index contributed by atoms with van der Waals surface area (Å²) in [7, 11) is -3.25. The van der Waals surface area contributed by atoms with Crippen molar-refractivity contribution in [1.29, 1.82) is 0 Å². The van der Waals surface area contributed by atoms with Crippen LogP contribution < -0.4 is 14.9 Å². The molecule has 0 atom stereocenters. The number of carbonyl (C=O) groups excluding carboxylic acids is 2. The molecule has 2 N–H and O–H groups in total. The van der Waals surface area contributed by atoms with Gasteiger partial charge in [0.15, 0.2) is 0 Å². The van der Waals surface area contributed by atoms with Crippen LogP contribution in [0.1, 0.15) is 25.8 Å². The van der Waals surface area contributed by atoms with Crippen LogP contribution in [0.2, 0.25) is 0 Å². The highest BCUT2D eigenvalue weighted by atomic mass is 32.2. The molecule has 0 aliphatic carbocycles. The third kappa shape index (κ3) is 5.43. The van der Waals surface area contributed by atoms with Gasteiger partial charge >= 0.3 is 5.97 Å². The summed E-state index contributed by atoms with van der Waals surface area (Å²) in [6, 6.07) is 14.2. The standard InChI is InChI=1S/C25H26N4O5S/c1-3-34-25(31)23-17(2)26-20-7-4-5-8-21(20)27-24(23)28-22(30)14-11-18-9-12-19(13-10-18)29-15-6-16-35(29,32)33/h4-5,7-14,26H,3,6,15-16H2,1-2H3,(H,27,28,30)/b14-11+. The number of amides is 1. The van der Waals surface area contributed by atoms with Gasteiger partial charge in [0.1, 0.15) is 11.4 Å². The lowest BCUT2D eigenvalue weighted by Crippen LogP contribution is -2.34. The van der Waals surface area contributed by atoms with Crippen LogP contribution in [0, 0.1) is 0 Å². The Morgan fingerprint density at radius 1 is 1.17 bits per heavy atom. The third-order valence-electron chi connectivity index (χ3n) is 5.50. The van der Waals surface area contributed by atoms with Gasteiger partial charge < -0.3 is 15.4 Å². The minimum Gasteiger partial charge on any atom is -0.462 e. The monoisotopic (exact) mass is 494 g/mol. The molecule has 10 heteroatoms. The average Bonchev–Trinajstić information content (AvgIpc) is 3.11. The molecule has 0 aromatic heterocycles. The van der Waals surface area contributed by atoms with E-state index in [1.807, 2.05) is 18.2 Å². The van der Waals surface area contributed by atoms with Gasteiger partial charge in [0.05, 0.1) is 29.4 Å². The quantitative estimate of drug-likeness (QED) is 0.486. The first-order chi connectivity index (χ1) is 16.8. The lowest BCUT2D eigenvalue weighted by molar-refractivity contribution is -0.137. The number of nitrogens with one attached hydrogen (secondary N) is 2. The topological polar surface area (TPSA) is 117 Å². The van der Waals surface area contributed by atoms with Crippen LogP contribution in [0.25, 0.3) is 6.08 Å². The lowest BCUT2D eigenvalue weighted by atomic mass is 10.1. The van der Waals surface area contributed by atoms with Crippen molar-refractivity contribution in [2.45, 2.75) is 20.3 Å². The Kier molecular flexibility index (Phi) is 7.02. The maximum absolute atomic E-state index is 12.7. The highest BCUT2D eigenvalue weighted by molar-refractivity contribution is 7.93. The summed E-state index contributed by atoms with van der Waals surface area (Å²) in [4.78, 5) is 29.9. The molecular formula is C25H26N4O5S. The summed E-state index contributed by atoms with van der Waals surface area (Å²) >= 11 is 0. The summed E-state index contributed by atoms with van der Waals surface area (Å²) in [5, 5.41) is 5.85. The van der Waals surface area contributed by atoms with Crippen LogP contribution in [0.3, 0.4) is 0 Å². The Labute approximate surface area is 204 Å². The Balaban J connectivity index is 1.54. The molecule has 0 radical (unpaired) electrons. The van der Waals surface area contributed by atoms with Crippen molar-refractivity contribution in [3.63, 3.8) is 0 Å². The molecule has 1 saturated heterocycles. The van der Waals surface area contributed by atoms with Crippen LogP contribution in [0.5, 0.6) is 0 Å². The van der Waals surface area contributed by atoms with Gasteiger partial charge in [-0.1, -0.05) is 24.3 Å². The molecule has 2 aromatic carbocycles. The van der Waals surface area contributed by atoms with E-state index in [9.17, 15) is 18.0 Å². The second kappa shape index (κ2) is 10.1. The zero-order valence-electron chi connectivity index (χ0n) is 19.4. The first-order valence-corrected chi connectivity index (χ1v) is 12.8. The van der Waals surface area contributed by atoms with Gasteiger partial charge in [0, 0.05) is 18.3 Å². The number of allylic oxidation sites excluding steroid dienone is 1. The Bertz CT molecular complexity index is 1340. The van der Waals surface area contributed by atoms with E-state index in [4.69, 9.17) is 4.74 Å². The number of carbonyl (C=O) groups is 2. The molecule has 2 aliphatic rings. The van der Waals surface area contributed by atoms with E-state index in [0.29, 0.717) is 41.3 Å². The Hall–Kier alpha value is -3.92. The van der Waals surface area contributed by atoms with Crippen LogP contribution in [-0.4, -0.2) is 45.0 Å². The largest absolute Gasteiger partial charge is 0.462 e. The number of rotatable bonds is 5. The van der Waals surface area contributed by atoms with E-state index in [0.717, 1.165) is 0 Å². The first-order valence-electron chi connectivity index (χ1n) is 11.2. The molecule has 4 rings (SSSR count). The number of hydrogen-bond donors (Lipinski definition) is 2. The molecule has 0 saturated carbocycles. The van der Waals surface area contributed by atoms with Crippen molar-refractivity contribution in [2.24, 2.45) is 4.99 Å². The molecule has 0 unspecified atom stereocenters. The fourth-order valence-electron chi connectivity index (χ4n) is 3.85. The van der Waals surface area contributed by atoms with Crippen LogP contribution in [-0.2, 0) is 24.3 Å². The van der Waals surface area contributed by atoms with E-state index >= 15 is 0 Å². The summed E-state index contributed by atoms with van der Waals surface area (Å²) in [5.41, 5.74) is 3.23. The maximum Gasteiger partial charge on any atom is 0.343 e. The zero-order valence-corrected chi connectivity index (χ0v) is 20.3. The van der Waals surface area contributed by atoms with Gasteiger partial charge in [-0.05, 0) is 56.2 Å². The molecule has 2 aliphatic heterocycles. The van der Waals surface area contributed by atoms with Gasteiger partial charge in [-0.2, -0.15) is 0 Å². The zero-order chi connectivity index (χ0) is 25.0. The number of para-hydroxylation sites is 2. The minimum absolute atomic E-state index is 0.0858. The summed E-state index contributed by atoms with van der Waals surface area (Å²) in [6.07, 6.45) is 3.53. The number of nitrogens with zero attached hydrogens (tertiary/aromatic N) is 2. The minimum atomic E-state index is -3.25. The van der Waals surface area contributed by atoms with Crippen molar-refractivity contribution in [2.75, 3.05) is 28.5 Å². The van der Waals surface area contributed by atoms with E-state index in [-0.39, 0.29) is 23.8 Å². The number of hydrogen-bond acceptors (Lipinski definition) is 7. The SMILES string of the molecule is CCOC(=O)C1=C(C)Nc2ccccc2N=C1NC(=O)/C=C/c1ccc(N2CCCS2(=O)=O)cc1. The smallest absolute Gasteiger partial charge is 0.343 e. The number of sulfonamides is 1. The number of ether oxygens (including phenoxy) is 1. The number of fused-ring (bicyclic) bond motifs is 1. The highest BCUT2D eigenvalue weighted by Gasteiger charge is 2.28. The predicted molar refractivity (Wildman–Crippen MR) is 136 cm³/mol. The average molecular weight is 495 g/mol. The normalized spacial score (nSPS) is 16.9. The molecule has 35 heavy (non-hydrogen) atoms. The molecule has 2 aromatic rings. The number of benzene rings is 2. The summed E-state index contributed by atoms with van der Waals surface area (Å²) in [6.45, 7) is 4.07. The molecule has 9 nitrogen and oxygen atoms in total. The first kappa shape index (κ1) is 24.2. The number of amidine groups is 1. The summed E-state index contributed by atoms with van der Waals surface area (Å²) in [5.74, 6) is -0.840. The molecule has 0 bridgehead atoms. The molecule has 1 fully saturated rings. The van der Waals surface area contributed by atoms with Crippen molar-refractivity contribution in [3.8, 4) is 0 Å². The predicted octanol–water partition coefficient (Wildman–Crippen LogP) is 3.35. The summed E-state index contributed by atoms with van der Waals surface area (Å²) < 4.78 is 30.8. The number of aliphatic imine (C=N–C) groups is 1. The van der Waals surface area contributed by atoms with E-state index in [1.54, 1.807) is 50.3 Å². The molecule has 2 heterocycles. The third-order valence-corrected chi connectivity index (χ3v) is 7.37. The van der Waals surface area contributed by atoms with Crippen molar-refractivity contribution in [3.05, 3.63) is 71.4 Å². The number of anilines is 2.